The van der Waals surface area contributed by atoms with Crippen LogP contribution in [0.4, 0.5) is 4.39 Å². The van der Waals surface area contributed by atoms with Crippen molar-refractivity contribution in [2.75, 3.05) is 28.4 Å². The smallest absolute Gasteiger partial charge is 0.270 e. The number of nitrogens with zero attached hydrogens (tertiary/aromatic N) is 1. The fourth-order valence-corrected chi connectivity index (χ4v) is 5.56. The summed E-state index contributed by atoms with van der Waals surface area (Å²) in [5.74, 6) is -0.908. The number of hydrogen-bond acceptors (Lipinski definition) is 7. The number of aryl methyl sites for hydroxylation is 1. The van der Waals surface area contributed by atoms with Crippen molar-refractivity contribution < 1.29 is 33.2 Å². The van der Waals surface area contributed by atoms with Gasteiger partial charge in [-0.15, -0.1) is 11.6 Å². The summed E-state index contributed by atoms with van der Waals surface area (Å²) in [5.41, 5.74) is 3.04. The van der Waals surface area contributed by atoms with Crippen molar-refractivity contribution in [3.05, 3.63) is 118 Å². The number of aliphatic hydroxyl groups excluding tert-OH is 1. The number of methoxy groups -OCH3 is 4. The van der Waals surface area contributed by atoms with Crippen LogP contribution in [0.1, 0.15) is 50.2 Å². The summed E-state index contributed by atoms with van der Waals surface area (Å²) in [6.07, 6.45) is 7.32. The van der Waals surface area contributed by atoms with Crippen molar-refractivity contribution in [2.45, 2.75) is 37.3 Å². The summed E-state index contributed by atoms with van der Waals surface area (Å²) in [6, 6.07) is 13.9. The number of benzene rings is 2. The summed E-state index contributed by atoms with van der Waals surface area (Å²) in [6.45, 7) is 1.86. The first-order valence-corrected chi connectivity index (χ1v) is 14.3. The SMILES string of the molecule is COCc1cc(C(=O)NC2(/C=C(\F)c3ccc(CO)c(OC)c3)C=CC=C(c3ccccc3C)C2Cl)ncc1C(OC)OC. The molecule has 0 aliphatic heterocycles. The normalized spacial score (nSPS) is 18.3. The Hall–Kier alpha value is -3.86. The van der Waals surface area contributed by atoms with Gasteiger partial charge in [0.1, 0.15) is 22.8 Å². The first kappa shape index (κ1) is 33.0. The quantitative estimate of drug-likeness (QED) is 0.187. The van der Waals surface area contributed by atoms with E-state index in [1.165, 1.54) is 52.8 Å². The predicted molar refractivity (Wildman–Crippen MR) is 168 cm³/mol. The number of hydrogen-bond donors (Lipinski definition) is 2. The highest BCUT2D eigenvalue weighted by Crippen LogP contribution is 2.39. The number of carbonyl (C=O) groups excluding carboxylic acids is 1. The van der Waals surface area contributed by atoms with E-state index in [1.54, 1.807) is 24.3 Å². The number of aromatic nitrogens is 1. The fraction of sp³-hybridized carbons (Fsp3) is 0.294. The molecule has 8 nitrogen and oxygen atoms in total. The molecule has 1 amide bonds. The molecule has 1 heterocycles. The van der Waals surface area contributed by atoms with Gasteiger partial charge in [-0.2, -0.15) is 0 Å². The molecule has 3 aromatic rings. The van der Waals surface area contributed by atoms with Crippen LogP contribution < -0.4 is 10.1 Å². The van der Waals surface area contributed by atoms with Crippen LogP contribution in [0.5, 0.6) is 5.75 Å². The Morgan fingerprint density at radius 3 is 2.55 bits per heavy atom. The molecule has 44 heavy (non-hydrogen) atoms. The lowest BCUT2D eigenvalue weighted by molar-refractivity contribution is -0.107. The molecule has 1 aliphatic rings. The van der Waals surface area contributed by atoms with Crippen molar-refractivity contribution in [1.29, 1.82) is 0 Å². The lowest BCUT2D eigenvalue weighted by atomic mass is 9.81. The Kier molecular flexibility index (Phi) is 11.1. The number of aliphatic hydroxyl groups is 1. The van der Waals surface area contributed by atoms with Crippen LogP contribution in [-0.2, 0) is 27.4 Å². The number of rotatable bonds is 12. The molecule has 0 spiro atoms. The van der Waals surface area contributed by atoms with Crippen molar-refractivity contribution in [1.82, 2.24) is 10.3 Å². The molecular formula is C34H36ClFN2O6. The van der Waals surface area contributed by atoms with Crippen molar-refractivity contribution in [2.24, 2.45) is 0 Å². The van der Waals surface area contributed by atoms with Crippen LogP contribution in [0.3, 0.4) is 0 Å². The molecule has 1 aliphatic carbocycles. The van der Waals surface area contributed by atoms with Gasteiger partial charge >= 0.3 is 0 Å². The highest BCUT2D eigenvalue weighted by Gasteiger charge is 2.41. The lowest BCUT2D eigenvalue weighted by Gasteiger charge is -2.37. The maximum absolute atomic E-state index is 16.2. The van der Waals surface area contributed by atoms with Crippen LogP contribution in [0.15, 0.2) is 79.0 Å². The van der Waals surface area contributed by atoms with E-state index in [-0.39, 0.29) is 24.5 Å². The minimum absolute atomic E-state index is 0.0677. The van der Waals surface area contributed by atoms with Gasteiger partial charge in [0.05, 0.1) is 25.7 Å². The summed E-state index contributed by atoms with van der Waals surface area (Å²) in [7, 11) is 5.97. The average molecular weight is 623 g/mol. The minimum atomic E-state index is -1.51. The monoisotopic (exact) mass is 622 g/mol. The van der Waals surface area contributed by atoms with E-state index >= 15 is 4.39 Å². The third-order valence-electron chi connectivity index (χ3n) is 7.46. The van der Waals surface area contributed by atoms with E-state index in [0.29, 0.717) is 28.0 Å². The number of alkyl halides is 1. The van der Waals surface area contributed by atoms with Gasteiger partial charge in [0.25, 0.3) is 5.91 Å². The Labute approximate surface area is 261 Å². The van der Waals surface area contributed by atoms with E-state index in [4.69, 9.17) is 30.5 Å². The number of pyridine rings is 1. The lowest BCUT2D eigenvalue weighted by Crippen LogP contribution is -2.53. The zero-order valence-electron chi connectivity index (χ0n) is 25.3. The van der Waals surface area contributed by atoms with Gasteiger partial charge in [-0.1, -0.05) is 54.6 Å². The summed E-state index contributed by atoms with van der Waals surface area (Å²) in [4.78, 5) is 18.2. The minimum Gasteiger partial charge on any atom is -0.496 e. The Bertz CT molecular complexity index is 1590. The second-order valence-corrected chi connectivity index (χ2v) is 10.7. The maximum Gasteiger partial charge on any atom is 0.270 e. The molecule has 2 unspecified atom stereocenters. The Morgan fingerprint density at radius 2 is 1.89 bits per heavy atom. The van der Waals surface area contributed by atoms with Crippen LogP contribution >= 0.6 is 11.6 Å². The molecular weight excluding hydrogens is 587 g/mol. The van der Waals surface area contributed by atoms with Crippen molar-refractivity contribution in [3.8, 4) is 5.75 Å². The number of nitrogens with one attached hydrogen (secondary N) is 1. The molecule has 232 valence electrons. The molecule has 2 N–H and O–H groups in total. The van der Waals surface area contributed by atoms with Gasteiger partial charge in [-0.25, -0.2) is 4.39 Å². The summed E-state index contributed by atoms with van der Waals surface area (Å²) < 4.78 is 37.6. The molecule has 2 aromatic carbocycles. The molecule has 0 bridgehead atoms. The highest BCUT2D eigenvalue weighted by molar-refractivity contribution is 6.28. The van der Waals surface area contributed by atoms with Gasteiger partial charge in [0.15, 0.2) is 6.29 Å². The van der Waals surface area contributed by atoms with Gasteiger partial charge in [-0.3, -0.25) is 9.78 Å². The fourth-order valence-electron chi connectivity index (χ4n) is 5.17. The van der Waals surface area contributed by atoms with Gasteiger partial charge in [-0.05, 0) is 47.4 Å². The van der Waals surface area contributed by atoms with E-state index in [2.05, 4.69) is 10.3 Å². The van der Waals surface area contributed by atoms with E-state index < -0.39 is 28.9 Å². The predicted octanol–water partition coefficient (Wildman–Crippen LogP) is 6.07. The molecule has 0 saturated carbocycles. The first-order chi connectivity index (χ1) is 21.2. The molecule has 10 heteroatoms. The van der Waals surface area contributed by atoms with Gasteiger partial charge in [0, 0.05) is 44.2 Å². The largest absolute Gasteiger partial charge is 0.496 e. The van der Waals surface area contributed by atoms with E-state index in [9.17, 15) is 9.90 Å². The van der Waals surface area contributed by atoms with E-state index in [0.717, 1.165) is 11.1 Å². The summed E-state index contributed by atoms with van der Waals surface area (Å²) in [5, 5.41) is 11.7. The first-order valence-electron chi connectivity index (χ1n) is 13.8. The van der Waals surface area contributed by atoms with Crippen LogP contribution in [-0.4, -0.2) is 55.4 Å². The third kappa shape index (κ3) is 6.93. The van der Waals surface area contributed by atoms with Crippen LogP contribution in [0.25, 0.3) is 11.4 Å². The Morgan fingerprint density at radius 1 is 1.14 bits per heavy atom. The molecule has 0 saturated heterocycles. The molecule has 0 fully saturated rings. The number of ether oxygens (including phenoxy) is 4. The molecule has 2 atom stereocenters. The topological polar surface area (TPSA) is 99.1 Å². The number of halogens is 2. The summed E-state index contributed by atoms with van der Waals surface area (Å²) >= 11 is 7.19. The zero-order valence-corrected chi connectivity index (χ0v) is 26.0. The number of amides is 1. The van der Waals surface area contributed by atoms with Gasteiger partial charge < -0.3 is 29.4 Å². The van der Waals surface area contributed by atoms with Crippen molar-refractivity contribution in [3.63, 3.8) is 0 Å². The standard InChI is InChI=1S/C34H36ClFN2O6/c1-21-9-6-7-10-25(21)26-11-8-14-34(31(26)35,17-28(36)22-12-13-23(19-39)30(16-22)42-3)38-32(40)29-15-24(20-41-2)27(18-37-29)33(43-4)44-5/h6-18,31,33,39H,19-20H2,1-5H3,(H,38,40)/b28-17-. The van der Waals surface area contributed by atoms with Crippen LogP contribution in [0.2, 0.25) is 0 Å². The third-order valence-corrected chi connectivity index (χ3v) is 8.06. The zero-order chi connectivity index (χ0) is 31.9. The Balaban J connectivity index is 1.80. The maximum atomic E-state index is 16.2. The molecule has 1 aromatic heterocycles. The van der Waals surface area contributed by atoms with Crippen LogP contribution in [0, 0.1) is 6.92 Å². The molecule has 0 radical (unpaired) electrons. The second-order valence-electron chi connectivity index (χ2n) is 10.2. The van der Waals surface area contributed by atoms with E-state index in [1.807, 2.05) is 37.3 Å². The van der Waals surface area contributed by atoms with Gasteiger partial charge in [0.2, 0.25) is 0 Å². The number of carbonyl (C=O) groups is 1. The number of allylic oxidation sites excluding steroid dienone is 2. The highest BCUT2D eigenvalue weighted by atomic mass is 35.5. The average Bonchev–Trinajstić information content (AvgIpc) is 3.03. The second kappa shape index (κ2) is 14.7. The van der Waals surface area contributed by atoms with Crippen molar-refractivity contribution >= 4 is 28.9 Å². The molecule has 4 rings (SSSR count).